The molecule has 1 aliphatic heterocycles. The summed E-state index contributed by atoms with van der Waals surface area (Å²) in [5.41, 5.74) is 3.16. The Hall–Kier alpha value is -2.54. The molecule has 1 aliphatic rings. The molecule has 4 rings (SSSR count). The van der Waals surface area contributed by atoms with E-state index in [4.69, 9.17) is 18.9 Å². The second-order valence-electron chi connectivity index (χ2n) is 7.59. The maximum absolute atomic E-state index is 10.5. The molecular weight excluding hydrogens is 392 g/mol. The van der Waals surface area contributed by atoms with Crippen molar-refractivity contribution in [3.05, 3.63) is 108 Å². The lowest BCUT2D eigenvalue weighted by atomic mass is 10.1. The van der Waals surface area contributed by atoms with Crippen LogP contribution in [0.1, 0.15) is 16.7 Å². The SMILES string of the molecule is O[C@@H]1O[C@@H](COCc2ccccc2)[C@H](OCc2ccccc2)[C@@H]1OCc1ccccc1. The van der Waals surface area contributed by atoms with Gasteiger partial charge in [0.2, 0.25) is 0 Å². The topological polar surface area (TPSA) is 57.2 Å². The highest BCUT2D eigenvalue weighted by molar-refractivity contribution is 5.15. The van der Waals surface area contributed by atoms with Crippen LogP contribution >= 0.6 is 0 Å². The zero-order chi connectivity index (χ0) is 21.3. The lowest BCUT2D eigenvalue weighted by Crippen LogP contribution is -2.39. The molecule has 162 valence electrons. The Morgan fingerprint density at radius 1 is 0.613 bits per heavy atom. The van der Waals surface area contributed by atoms with Gasteiger partial charge in [-0.2, -0.15) is 0 Å². The van der Waals surface area contributed by atoms with Crippen LogP contribution in [0.5, 0.6) is 0 Å². The van der Waals surface area contributed by atoms with Crippen LogP contribution in [0.3, 0.4) is 0 Å². The number of aliphatic hydroxyl groups excluding tert-OH is 1. The molecule has 1 fully saturated rings. The zero-order valence-corrected chi connectivity index (χ0v) is 17.4. The zero-order valence-electron chi connectivity index (χ0n) is 17.4. The van der Waals surface area contributed by atoms with Crippen LogP contribution in [-0.4, -0.2) is 36.3 Å². The Labute approximate surface area is 183 Å². The van der Waals surface area contributed by atoms with Crippen molar-refractivity contribution in [1.82, 2.24) is 0 Å². The third-order valence-electron chi connectivity index (χ3n) is 5.25. The standard InChI is InChI=1S/C26H28O5/c27-26-25(30-18-22-14-8-3-9-15-22)24(29-17-21-12-6-2-7-13-21)23(31-26)19-28-16-20-10-4-1-5-11-20/h1-15,23-27H,16-19H2/t23-,24-,25-,26+/m0/s1. The van der Waals surface area contributed by atoms with Gasteiger partial charge < -0.3 is 24.1 Å². The van der Waals surface area contributed by atoms with E-state index in [9.17, 15) is 5.11 Å². The van der Waals surface area contributed by atoms with Gasteiger partial charge in [0, 0.05) is 0 Å². The van der Waals surface area contributed by atoms with Crippen molar-refractivity contribution in [1.29, 1.82) is 0 Å². The third-order valence-corrected chi connectivity index (χ3v) is 5.25. The van der Waals surface area contributed by atoms with Gasteiger partial charge in [-0.3, -0.25) is 0 Å². The van der Waals surface area contributed by atoms with Gasteiger partial charge in [-0.25, -0.2) is 0 Å². The lowest BCUT2D eigenvalue weighted by molar-refractivity contribution is -0.153. The first-order valence-electron chi connectivity index (χ1n) is 10.6. The molecule has 3 aromatic rings. The highest BCUT2D eigenvalue weighted by atomic mass is 16.7. The van der Waals surface area contributed by atoms with Crippen molar-refractivity contribution in [2.24, 2.45) is 0 Å². The van der Waals surface area contributed by atoms with Crippen LogP contribution in [0.4, 0.5) is 0 Å². The largest absolute Gasteiger partial charge is 0.374 e. The smallest absolute Gasteiger partial charge is 0.184 e. The van der Waals surface area contributed by atoms with Gasteiger partial charge in [0.25, 0.3) is 0 Å². The molecule has 0 radical (unpaired) electrons. The van der Waals surface area contributed by atoms with E-state index in [1.165, 1.54) is 0 Å². The van der Waals surface area contributed by atoms with E-state index in [0.29, 0.717) is 26.4 Å². The predicted molar refractivity (Wildman–Crippen MR) is 117 cm³/mol. The number of ether oxygens (including phenoxy) is 4. The summed E-state index contributed by atoms with van der Waals surface area (Å²) in [5, 5.41) is 10.5. The molecule has 1 heterocycles. The van der Waals surface area contributed by atoms with Gasteiger partial charge >= 0.3 is 0 Å². The summed E-state index contributed by atoms with van der Waals surface area (Å²) >= 11 is 0. The van der Waals surface area contributed by atoms with E-state index in [0.717, 1.165) is 16.7 Å². The molecule has 3 aromatic carbocycles. The minimum atomic E-state index is -1.07. The molecule has 1 N–H and O–H groups in total. The monoisotopic (exact) mass is 420 g/mol. The Bertz CT molecular complexity index is 887. The predicted octanol–water partition coefficient (Wildman–Crippen LogP) is 4.09. The van der Waals surface area contributed by atoms with Gasteiger partial charge in [-0.05, 0) is 16.7 Å². The van der Waals surface area contributed by atoms with Crippen LogP contribution in [0.15, 0.2) is 91.0 Å². The van der Waals surface area contributed by atoms with Crippen molar-refractivity contribution in [2.45, 2.75) is 44.4 Å². The summed E-state index contributed by atoms with van der Waals surface area (Å²) in [5.74, 6) is 0. The summed E-state index contributed by atoms with van der Waals surface area (Å²) in [7, 11) is 0. The van der Waals surface area contributed by atoms with Crippen molar-refractivity contribution >= 4 is 0 Å². The van der Waals surface area contributed by atoms with E-state index in [-0.39, 0.29) is 0 Å². The lowest BCUT2D eigenvalue weighted by Gasteiger charge is -2.24. The Morgan fingerprint density at radius 3 is 1.58 bits per heavy atom. The maximum atomic E-state index is 10.5. The van der Waals surface area contributed by atoms with Crippen LogP contribution in [0.25, 0.3) is 0 Å². The number of rotatable bonds is 10. The summed E-state index contributed by atoms with van der Waals surface area (Å²) in [6.07, 6.45) is -2.55. The second kappa shape index (κ2) is 11.2. The van der Waals surface area contributed by atoms with Crippen LogP contribution in [-0.2, 0) is 38.8 Å². The summed E-state index contributed by atoms with van der Waals surface area (Å²) < 4.78 is 23.9. The fourth-order valence-corrected chi connectivity index (χ4v) is 3.62. The minimum Gasteiger partial charge on any atom is -0.374 e. The molecule has 0 bridgehead atoms. The first-order chi connectivity index (χ1) is 15.3. The average Bonchev–Trinajstić information content (AvgIpc) is 3.12. The van der Waals surface area contributed by atoms with Crippen molar-refractivity contribution < 1.29 is 24.1 Å². The Kier molecular flexibility index (Phi) is 7.82. The van der Waals surface area contributed by atoms with Gasteiger partial charge in [-0.15, -0.1) is 0 Å². The fourth-order valence-electron chi connectivity index (χ4n) is 3.62. The number of benzene rings is 3. The molecule has 0 aliphatic carbocycles. The first-order valence-corrected chi connectivity index (χ1v) is 10.6. The van der Waals surface area contributed by atoms with Crippen LogP contribution < -0.4 is 0 Å². The molecule has 0 aromatic heterocycles. The maximum Gasteiger partial charge on any atom is 0.184 e. The fraction of sp³-hybridized carbons (Fsp3) is 0.308. The number of aliphatic hydroxyl groups is 1. The first kappa shape index (κ1) is 21.7. The van der Waals surface area contributed by atoms with E-state index >= 15 is 0 Å². The van der Waals surface area contributed by atoms with E-state index in [2.05, 4.69) is 0 Å². The normalized spacial score (nSPS) is 23.1. The molecular formula is C26H28O5. The average molecular weight is 421 g/mol. The van der Waals surface area contributed by atoms with Crippen molar-refractivity contribution in [2.75, 3.05) is 6.61 Å². The van der Waals surface area contributed by atoms with Crippen molar-refractivity contribution in [3.8, 4) is 0 Å². The molecule has 5 nitrogen and oxygen atoms in total. The van der Waals surface area contributed by atoms with Gasteiger partial charge in [0.05, 0.1) is 26.4 Å². The molecule has 31 heavy (non-hydrogen) atoms. The molecule has 0 amide bonds. The molecule has 0 unspecified atom stereocenters. The van der Waals surface area contributed by atoms with Gasteiger partial charge in [-0.1, -0.05) is 91.0 Å². The van der Waals surface area contributed by atoms with E-state index in [1.807, 2.05) is 91.0 Å². The minimum absolute atomic E-state index is 0.302. The van der Waals surface area contributed by atoms with Crippen molar-refractivity contribution in [3.63, 3.8) is 0 Å². The molecule has 0 saturated carbocycles. The van der Waals surface area contributed by atoms with Gasteiger partial charge in [0.1, 0.15) is 18.3 Å². The molecule has 0 spiro atoms. The van der Waals surface area contributed by atoms with Gasteiger partial charge in [0.15, 0.2) is 6.29 Å². The Balaban J connectivity index is 1.39. The molecule has 1 saturated heterocycles. The summed E-state index contributed by atoms with van der Waals surface area (Å²) in [6.45, 7) is 1.55. The number of hydrogen-bond acceptors (Lipinski definition) is 5. The molecule has 4 atom stereocenters. The summed E-state index contributed by atoms with van der Waals surface area (Å²) in [4.78, 5) is 0. The summed E-state index contributed by atoms with van der Waals surface area (Å²) in [6, 6.07) is 29.8. The second-order valence-corrected chi connectivity index (χ2v) is 7.59. The Morgan fingerprint density at radius 2 is 1.06 bits per heavy atom. The highest BCUT2D eigenvalue weighted by Gasteiger charge is 2.45. The number of hydrogen-bond donors (Lipinski definition) is 1. The quantitative estimate of drug-likeness (QED) is 0.535. The van der Waals surface area contributed by atoms with E-state index in [1.54, 1.807) is 0 Å². The molecule has 5 heteroatoms. The van der Waals surface area contributed by atoms with E-state index < -0.39 is 24.6 Å². The van der Waals surface area contributed by atoms with Crippen LogP contribution in [0, 0.1) is 0 Å². The third kappa shape index (κ3) is 6.23. The van der Waals surface area contributed by atoms with Crippen LogP contribution in [0.2, 0.25) is 0 Å². The highest BCUT2D eigenvalue weighted by Crippen LogP contribution is 2.28.